The molecule has 1 N–H and O–H groups in total. The van der Waals surface area contributed by atoms with Gasteiger partial charge in [-0.3, -0.25) is 9.69 Å². The highest BCUT2D eigenvalue weighted by Crippen LogP contribution is 2.14. The first kappa shape index (κ1) is 24.1. The largest absolute Gasteiger partial charge is 0.348 e. The van der Waals surface area contributed by atoms with E-state index in [1.165, 1.54) is 5.56 Å². The van der Waals surface area contributed by atoms with Crippen LogP contribution in [0, 0.1) is 0 Å². The monoisotopic (exact) mass is 481 g/mol. The van der Waals surface area contributed by atoms with Crippen molar-refractivity contribution in [2.45, 2.75) is 26.6 Å². The molecule has 1 saturated heterocycles. The first-order valence-electron chi connectivity index (χ1n) is 11.5. The number of sulfonamides is 1. The molecule has 1 fully saturated rings. The standard InChI is InChI=1S/C25H31N5O3S/c1-2-34(32,33)30-14-12-28(13-15-30)19-23-4-3-5-24(16-23)25(31)27-17-21-6-8-22(9-7-21)18-29-11-10-26-20-29/h3-11,16,20H,2,12-15,17-19H2,1H3,(H,27,31). The summed E-state index contributed by atoms with van der Waals surface area (Å²) in [5, 5.41) is 3.00. The maximum Gasteiger partial charge on any atom is 0.251 e. The zero-order chi connectivity index (χ0) is 24.0. The second kappa shape index (κ2) is 10.9. The van der Waals surface area contributed by atoms with Gasteiger partial charge in [-0.1, -0.05) is 36.4 Å². The maximum absolute atomic E-state index is 12.7. The van der Waals surface area contributed by atoms with Crippen LogP contribution in [-0.2, 0) is 29.7 Å². The van der Waals surface area contributed by atoms with Crippen LogP contribution in [0.15, 0.2) is 67.3 Å². The van der Waals surface area contributed by atoms with Crippen LogP contribution in [0.3, 0.4) is 0 Å². The molecule has 2 aromatic carbocycles. The van der Waals surface area contributed by atoms with Crippen molar-refractivity contribution in [1.82, 2.24) is 24.1 Å². The molecule has 180 valence electrons. The third kappa shape index (κ3) is 6.31. The van der Waals surface area contributed by atoms with E-state index in [0.29, 0.717) is 44.8 Å². The molecule has 1 aromatic heterocycles. The van der Waals surface area contributed by atoms with Crippen molar-refractivity contribution in [2.24, 2.45) is 0 Å². The molecule has 0 atom stereocenters. The van der Waals surface area contributed by atoms with Crippen molar-refractivity contribution in [2.75, 3.05) is 31.9 Å². The van der Waals surface area contributed by atoms with E-state index < -0.39 is 10.0 Å². The third-order valence-electron chi connectivity index (χ3n) is 6.09. The highest BCUT2D eigenvalue weighted by Gasteiger charge is 2.25. The van der Waals surface area contributed by atoms with Crippen molar-refractivity contribution >= 4 is 15.9 Å². The Morgan fingerprint density at radius 1 is 0.971 bits per heavy atom. The van der Waals surface area contributed by atoms with Gasteiger partial charge in [-0.25, -0.2) is 13.4 Å². The number of rotatable bonds is 9. The number of piperazine rings is 1. The molecule has 0 radical (unpaired) electrons. The van der Waals surface area contributed by atoms with Gasteiger partial charge in [0.1, 0.15) is 0 Å². The van der Waals surface area contributed by atoms with Gasteiger partial charge in [0.25, 0.3) is 5.91 Å². The van der Waals surface area contributed by atoms with Gasteiger partial charge in [-0.15, -0.1) is 0 Å². The third-order valence-corrected chi connectivity index (χ3v) is 7.97. The molecule has 0 spiro atoms. The number of hydrogen-bond acceptors (Lipinski definition) is 5. The molecule has 0 aliphatic carbocycles. The minimum absolute atomic E-state index is 0.108. The van der Waals surface area contributed by atoms with Gasteiger partial charge in [-0.05, 0) is 35.7 Å². The molecule has 3 aromatic rings. The van der Waals surface area contributed by atoms with Crippen molar-refractivity contribution in [3.05, 3.63) is 89.5 Å². The maximum atomic E-state index is 12.7. The van der Waals surface area contributed by atoms with Crippen LogP contribution in [0.1, 0.15) is 34.0 Å². The number of carbonyl (C=O) groups is 1. The SMILES string of the molecule is CCS(=O)(=O)N1CCN(Cc2cccc(C(=O)NCc3ccc(Cn4ccnc4)cc3)c2)CC1. The summed E-state index contributed by atoms with van der Waals surface area (Å²) in [6.07, 6.45) is 5.48. The number of hydrogen-bond donors (Lipinski definition) is 1. The van der Waals surface area contributed by atoms with Crippen molar-refractivity contribution < 1.29 is 13.2 Å². The molecule has 9 heteroatoms. The van der Waals surface area contributed by atoms with E-state index in [0.717, 1.165) is 17.7 Å². The quantitative estimate of drug-likeness (QED) is 0.507. The van der Waals surface area contributed by atoms with Gasteiger partial charge < -0.3 is 9.88 Å². The van der Waals surface area contributed by atoms with E-state index in [4.69, 9.17) is 0 Å². The van der Waals surface area contributed by atoms with Gasteiger partial charge in [0.15, 0.2) is 0 Å². The van der Waals surface area contributed by atoms with E-state index in [-0.39, 0.29) is 11.7 Å². The van der Waals surface area contributed by atoms with Crippen LogP contribution in [0.5, 0.6) is 0 Å². The predicted octanol–water partition coefficient (Wildman–Crippen LogP) is 2.33. The first-order valence-corrected chi connectivity index (χ1v) is 13.1. The Bertz CT molecular complexity index is 1190. The van der Waals surface area contributed by atoms with Crippen LogP contribution in [0.2, 0.25) is 0 Å². The van der Waals surface area contributed by atoms with Crippen LogP contribution in [0.25, 0.3) is 0 Å². The van der Waals surface area contributed by atoms with Gasteiger partial charge in [0.2, 0.25) is 10.0 Å². The number of amides is 1. The molecule has 0 bridgehead atoms. The topological polar surface area (TPSA) is 87.5 Å². The normalized spacial score (nSPS) is 15.3. The molecule has 8 nitrogen and oxygen atoms in total. The van der Waals surface area contributed by atoms with E-state index >= 15 is 0 Å². The van der Waals surface area contributed by atoms with Gasteiger partial charge >= 0.3 is 0 Å². The Morgan fingerprint density at radius 2 is 1.71 bits per heavy atom. The summed E-state index contributed by atoms with van der Waals surface area (Å²) < 4.78 is 27.7. The van der Waals surface area contributed by atoms with Gasteiger partial charge in [0.05, 0.1) is 12.1 Å². The summed E-state index contributed by atoms with van der Waals surface area (Å²) >= 11 is 0. The average Bonchev–Trinajstić information content (AvgIpc) is 3.37. The lowest BCUT2D eigenvalue weighted by atomic mass is 10.1. The number of aromatic nitrogens is 2. The Labute approximate surface area is 201 Å². The molecular weight excluding hydrogens is 450 g/mol. The Balaban J connectivity index is 1.27. The predicted molar refractivity (Wildman–Crippen MR) is 132 cm³/mol. The second-order valence-corrected chi connectivity index (χ2v) is 10.8. The zero-order valence-corrected chi connectivity index (χ0v) is 20.2. The van der Waals surface area contributed by atoms with Gasteiger partial charge in [-0.2, -0.15) is 4.31 Å². The number of carbonyl (C=O) groups excluding carboxylic acids is 1. The van der Waals surface area contributed by atoms with Crippen LogP contribution < -0.4 is 5.32 Å². The van der Waals surface area contributed by atoms with E-state index in [2.05, 4.69) is 27.3 Å². The van der Waals surface area contributed by atoms with E-state index in [1.807, 2.05) is 47.2 Å². The Hall–Kier alpha value is -3.01. The molecule has 1 amide bonds. The Morgan fingerprint density at radius 3 is 2.38 bits per heavy atom. The second-order valence-electron chi connectivity index (χ2n) is 8.51. The molecule has 0 saturated carbocycles. The lowest BCUT2D eigenvalue weighted by molar-refractivity contribution is 0.0950. The molecule has 2 heterocycles. The van der Waals surface area contributed by atoms with Crippen molar-refractivity contribution in [3.63, 3.8) is 0 Å². The number of imidazole rings is 1. The summed E-state index contributed by atoms with van der Waals surface area (Å²) in [4.78, 5) is 19.0. The fraction of sp³-hybridized carbons (Fsp3) is 0.360. The highest BCUT2D eigenvalue weighted by molar-refractivity contribution is 7.89. The molecular formula is C25H31N5O3S. The molecule has 4 rings (SSSR count). The fourth-order valence-electron chi connectivity index (χ4n) is 4.06. The van der Waals surface area contributed by atoms with Crippen LogP contribution in [0.4, 0.5) is 0 Å². The van der Waals surface area contributed by atoms with Gasteiger partial charge in [0, 0.05) is 63.8 Å². The van der Waals surface area contributed by atoms with Crippen LogP contribution in [-0.4, -0.2) is 65.0 Å². The minimum Gasteiger partial charge on any atom is -0.348 e. The highest BCUT2D eigenvalue weighted by atomic mass is 32.2. The average molecular weight is 482 g/mol. The van der Waals surface area contributed by atoms with Crippen molar-refractivity contribution in [3.8, 4) is 0 Å². The van der Waals surface area contributed by atoms with E-state index in [9.17, 15) is 13.2 Å². The summed E-state index contributed by atoms with van der Waals surface area (Å²) in [5.41, 5.74) is 3.89. The lowest BCUT2D eigenvalue weighted by Gasteiger charge is -2.33. The minimum atomic E-state index is -3.13. The smallest absolute Gasteiger partial charge is 0.251 e. The summed E-state index contributed by atoms with van der Waals surface area (Å²) in [7, 11) is -3.13. The van der Waals surface area contributed by atoms with Crippen molar-refractivity contribution in [1.29, 1.82) is 0 Å². The lowest BCUT2D eigenvalue weighted by Crippen LogP contribution is -2.48. The number of nitrogens with one attached hydrogen (secondary N) is 1. The van der Waals surface area contributed by atoms with Crippen LogP contribution >= 0.6 is 0 Å². The molecule has 1 aliphatic heterocycles. The number of nitrogens with zero attached hydrogens (tertiary/aromatic N) is 4. The summed E-state index contributed by atoms with van der Waals surface area (Å²) in [5.74, 6) is 0.0306. The molecule has 0 unspecified atom stereocenters. The zero-order valence-electron chi connectivity index (χ0n) is 19.4. The number of benzene rings is 2. The fourth-order valence-corrected chi connectivity index (χ4v) is 5.14. The molecule has 1 aliphatic rings. The summed E-state index contributed by atoms with van der Waals surface area (Å²) in [6, 6.07) is 15.8. The first-order chi connectivity index (χ1) is 16.4. The van der Waals surface area contributed by atoms with E-state index in [1.54, 1.807) is 23.8 Å². The summed E-state index contributed by atoms with van der Waals surface area (Å²) in [6.45, 7) is 6.00. The Kier molecular flexibility index (Phi) is 7.77. The molecule has 34 heavy (non-hydrogen) atoms.